The third-order valence-electron chi connectivity index (χ3n) is 1.71. The smallest absolute Gasteiger partial charge is 0.325 e. The third kappa shape index (κ3) is 2.45. The van der Waals surface area contributed by atoms with Crippen LogP contribution in [0.25, 0.3) is 10.5 Å². The van der Waals surface area contributed by atoms with E-state index in [-0.39, 0.29) is 12.5 Å². The van der Waals surface area contributed by atoms with Crippen molar-refractivity contribution in [3.63, 3.8) is 0 Å². The van der Waals surface area contributed by atoms with E-state index in [1.807, 2.05) is 0 Å². The average Bonchev–Trinajstić information content (AvgIpc) is 2.67. The van der Waals surface area contributed by atoms with E-state index in [4.69, 9.17) is 0 Å². The molecule has 2 rings (SSSR count). The minimum Gasteiger partial charge on any atom is -0.468 e. The second-order valence-corrected chi connectivity index (χ2v) is 4.56. The van der Waals surface area contributed by atoms with Crippen LogP contribution in [0.1, 0.15) is 0 Å². The second-order valence-electron chi connectivity index (χ2n) is 2.77. The first-order chi connectivity index (χ1) is 7.69. The first kappa shape index (κ1) is 11.2. The number of nitrogens with one attached hydrogen (secondary N) is 1. The van der Waals surface area contributed by atoms with Crippen LogP contribution in [-0.4, -0.2) is 34.6 Å². The number of hydrogen-bond donors (Lipinski definition) is 1. The highest BCUT2D eigenvalue weighted by Gasteiger charge is 2.07. The number of ether oxygens (including phenoxy) is 1. The van der Waals surface area contributed by atoms with Crippen LogP contribution in [0, 0.1) is 0 Å². The Morgan fingerprint density at radius 1 is 1.62 bits per heavy atom. The van der Waals surface area contributed by atoms with Crippen LogP contribution in [0.3, 0.4) is 0 Å². The molecule has 84 valence electrons. The zero-order valence-electron chi connectivity index (χ0n) is 8.23. The van der Waals surface area contributed by atoms with Gasteiger partial charge in [-0.15, -0.1) is 0 Å². The van der Waals surface area contributed by atoms with E-state index in [2.05, 4.69) is 40.9 Å². The molecule has 6 nitrogen and oxygen atoms in total. The van der Waals surface area contributed by atoms with E-state index in [0.29, 0.717) is 20.2 Å². The quantitative estimate of drug-likeness (QED) is 0.865. The maximum Gasteiger partial charge on any atom is 0.325 e. The number of carbonyl (C=O) groups excluding carboxylic acids is 1. The lowest BCUT2D eigenvalue weighted by molar-refractivity contribution is -0.138. The summed E-state index contributed by atoms with van der Waals surface area (Å²) in [5.74, 6) is -0.346. The van der Waals surface area contributed by atoms with Gasteiger partial charge in [-0.1, -0.05) is 11.3 Å². The van der Waals surface area contributed by atoms with Crippen LogP contribution < -0.4 is 5.32 Å². The molecule has 1 N–H and O–H groups in total. The van der Waals surface area contributed by atoms with Gasteiger partial charge < -0.3 is 10.1 Å². The number of nitrogens with zero attached hydrogens (tertiary/aromatic N) is 3. The number of anilines is 1. The number of aromatic nitrogens is 3. The van der Waals surface area contributed by atoms with Crippen molar-refractivity contribution in [3.05, 3.63) is 10.8 Å². The summed E-state index contributed by atoms with van der Waals surface area (Å²) >= 11 is 4.56. The Balaban J connectivity index is 2.16. The molecule has 0 aliphatic heterocycles. The monoisotopic (exact) mass is 302 g/mol. The Morgan fingerprint density at radius 2 is 2.44 bits per heavy atom. The molecule has 0 aliphatic rings. The Morgan fingerprint density at radius 3 is 3.19 bits per heavy atom. The number of halogens is 1. The van der Waals surface area contributed by atoms with Crippen molar-refractivity contribution in [2.75, 3.05) is 19.0 Å². The lowest BCUT2D eigenvalue weighted by atomic mass is 10.6. The Kier molecular flexibility index (Phi) is 3.30. The molecule has 0 amide bonds. The molecule has 0 atom stereocenters. The summed E-state index contributed by atoms with van der Waals surface area (Å²) in [7, 11) is 1.34. The van der Waals surface area contributed by atoms with Crippen LogP contribution in [0.15, 0.2) is 10.8 Å². The molecular weight excluding hydrogens is 296 g/mol. The number of esters is 1. The van der Waals surface area contributed by atoms with Gasteiger partial charge in [-0.05, 0) is 15.9 Å². The maximum atomic E-state index is 10.9. The molecule has 2 aromatic rings. The van der Waals surface area contributed by atoms with E-state index in [1.54, 1.807) is 6.20 Å². The fourth-order valence-corrected chi connectivity index (χ4v) is 2.19. The number of carbonyl (C=O) groups is 1. The average molecular weight is 303 g/mol. The zero-order valence-corrected chi connectivity index (χ0v) is 10.6. The highest BCUT2D eigenvalue weighted by atomic mass is 79.9. The van der Waals surface area contributed by atoms with E-state index in [1.165, 1.54) is 18.4 Å². The van der Waals surface area contributed by atoms with E-state index in [0.717, 1.165) is 0 Å². The largest absolute Gasteiger partial charge is 0.468 e. The van der Waals surface area contributed by atoms with Crippen molar-refractivity contribution >= 4 is 48.8 Å². The third-order valence-corrected chi connectivity index (χ3v) is 2.98. The van der Waals surface area contributed by atoms with Crippen molar-refractivity contribution in [2.24, 2.45) is 0 Å². The summed E-state index contributed by atoms with van der Waals surface area (Å²) in [4.78, 5) is 24.1. The molecule has 0 aromatic carbocycles. The van der Waals surface area contributed by atoms with Gasteiger partial charge >= 0.3 is 5.97 Å². The lowest BCUT2D eigenvalue weighted by Crippen LogP contribution is -2.14. The number of thiazole rings is 1. The van der Waals surface area contributed by atoms with E-state index < -0.39 is 0 Å². The minimum absolute atomic E-state index is 0.0808. The number of rotatable bonds is 3. The predicted molar refractivity (Wildman–Crippen MR) is 63.4 cm³/mol. The molecule has 2 heterocycles. The topological polar surface area (TPSA) is 77.0 Å². The molecule has 0 saturated heterocycles. The van der Waals surface area contributed by atoms with Gasteiger partial charge in [-0.25, -0.2) is 9.97 Å². The van der Waals surface area contributed by atoms with Crippen molar-refractivity contribution in [2.45, 2.75) is 0 Å². The van der Waals surface area contributed by atoms with Crippen molar-refractivity contribution in [1.29, 1.82) is 0 Å². The van der Waals surface area contributed by atoms with Crippen molar-refractivity contribution in [3.8, 4) is 0 Å². The van der Waals surface area contributed by atoms with Crippen LogP contribution >= 0.6 is 27.3 Å². The van der Waals surface area contributed by atoms with Crippen LogP contribution in [-0.2, 0) is 9.53 Å². The summed E-state index contributed by atoms with van der Waals surface area (Å²) in [5, 5.41) is 3.44. The first-order valence-electron chi connectivity index (χ1n) is 4.29. The van der Waals surface area contributed by atoms with Gasteiger partial charge in [0.2, 0.25) is 0 Å². The summed E-state index contributed by atoms with van der Waals surface area (Å²) in [6.07, 6.45) is 1.58. The van der Waals surface area contributed by atoms with Gasteiger partial charge in [0.25, 0.3) is 0 Å². The summed E-state index contributed by atoms with van der Waals surface area (Å²) in [6.45, 7) is 0.0808. The van der Waals surface area contributed by atoms with Gasteiger partial charge in [0.05, 0.1) is 13.3 Å². The number of hydrogen-bond acceptors (Lipinski definition) is 7. The van der Waals surface area contributed by atoms with Crippen molar-refractivity contribution < 1.29 is 9.53 Å². The molecule has 0 radical (unpaired) electrons. The van der Waals surface area contributed by atoms with Crippen molar-refractivity contribution in [1.82, 2.24) is 15.0 Å². The molecule has 0 unspecified atom stereocenters. The first-order valence-corrected chi connectivity index (χ1v) is 5.90. The molecule has 0 saturated carbocycles. The molecule has 16 heavy (non-hydrogen) atoms. The Labute approximate surface area is 103 Å². The van der Waals surface area contributed by atoms with Crippen LogP contribution in [0.4, 0.5) is 5.13 Å². The summed E-state index contributed by atoms with van der Waals surface area (Å²) in [6, 6.07) is 0. The van der Waals surface area contributed by atoms with Crippen LogP contribution in [0.2, 0.25) is 0 Å². The Hall–Kier alpha value is -1.28. The number of fused-ring (bicyclic) bond motifs is 1. The standard InChI is InChI=1S/C8H7BrN4O2S/c1-15-5(14)3-11-8-13-6-7(16-8)12-4(9)2-10-6/h2H,3H2,1H3,(H,10,11,13). The Bertz CT molecular complexity index is 530. The molecule has 0 spiro atoms. The molecule has 0 bridgehead atoms. The minimum atomic E-state index is -0.346. The van der Waals surface area contributed by atoms with Gasteiger partial charge in [-0.2, -0.15) is 4.98 Å². The lowest BCUT2D eigenvalue weighted by Gasteiger charge is -1.98. The van der Waals surface area contributed by atoms with Gasteiger partial charge in [-0.3, -0.25) is 4.79 Å². The molecule has 0 fully saturated rings. The molecule has 2 aromatic heterocycles. The summed E-state index contributed by atoms with van der Waals surface area (Å²) < 4.78 is 5.16. The summed E-state index contributed by atoms with van der Waals surface area (Å²) in [5.41, 5.74) is 0.556. The van der Waals surface area contributed by atoms with E-state index >= 15 is 0 Å². The van der Waals surface area contributed by atoms with Gasteiger partial charge in [0, 0.05) is 0 Å². The fraction of sp³-hybridized carbons (Fsp3) is 0.250. The van der Waals surface area contributed by atoms with E-state index in [9.17, 15) is 4.79 Å². The zero-order chi connectivity index (χ0) is 11.5. The maximum absolute atomic E-state index is 10.9. The molecule has 8 heteroatoms. The number of methoxy groups -OCH3 is 1. The normalized spacial score (nSPS) is 10.4. The molecular formula is C8H7BrN4O2S. The predicted octanol–water partition coefficient (Wildman–Crippen LogP) is 1.43. The van der Waals surface area contributed by atoms with Gasteiger partial charge in [0.15, 0.2) is 15.6 Å². The van der Waals surface area contributed by atoms with Gasteiger partial charge in [0.1, 0.15) is 11.1 Å². The fourth-order valence-electron chi connectivity index (χ4n) is 0.997. The van der Waals surface area contributed by atoms with Crippen LogP contribution in [0.5, 0.6) is 0 Å². The molecule has 0 aliphatic carbocycles. The SMILES string of the molecule is COC(=O)CNc1nc2ncc(Br)nc2s1. The highest BCUT2D eigenvalue weighted by molar-refractivity contribution is 9.10. The second kappa shape index (κ2) is 4.71. The highest BCUT2D eigenvalue weighted by Crippen LogP contribution is 2.23.